The molecule has 0 amide bonds. The molecular weight excluding hydrogens is 264 g/mol. The van der Waals surface area contributed by atoms with Crippen molar-refractivity contribution in [3.8, 4) is 0 Å². The van der Waals surface area contributed by atoms with Gasteiger partial charge in [0, 0.05) is 13.1 Å². The second-order valence-electron chi connectivity index (χ2n) is 5.02. The summed E-state index contributed by atoms with van der Waals surface area (Å²) in [5.41, 5.74) is 1.06. The molecule has 5 heteroatoms. The number of piperidine rings is 1. The highest BCUT2D eigenvalue weighted by Gasteiger charge is 2.30. The number of carbonyl (C=O) groups is 1. The predicted octanol–water partition coefficient (Wildman–Crippen LogP) is 3.06. The van der Waals surface area contributed by atoms with Gasteiger partial charge >= 0.3 is 5.97 Å². The molecule has 0 aliphatic carbocycles. The Labute approximate surface area is 118 Å². The van der Waals surface area contributed by atoms with Crippen LogP contribution in [0.1, 0.15) is 26.2 Å². The lowest BCUT2D eigenvalue weighted by atomic mass is 9.82. The number of carboxylic acids is 1. The number of pyridine rings is 1. The normalized spacial score (nSPS) is 18.3. The second kappa shape index (κ2) is 6.24. The topological polar surface area (TPSA) is 53.4 Å². The fourth-order valence-corrected chi connectivity index (χ4v) is 2.94. The summed E-state index contributed by atoms with van der Waals surface area (Å²) < 4.78 is 0. The lowest BCUT2D eigenvalue weighted by Crippen LogP contribution is -2.38. The van der Waals surface area contributed by atoms with Crippen LogP contribution in [0.5, 0.6) is 0 Å². The Morgan fingerprint density at radius 3 is 2.68 bits per heavy atom. The minimum atomic E-state index is -0.658. The van der Waals surface area contributed by atoms with Crippen molar-refractivity contribution in [3.05, 3.63) is 23.5 Å². The zero-order valence-corrected chi connectivity index (χ0v) is 11.8. The monoisotopic (exact) mass is 282 g/mol. The predicted molar refractivity (Wildman–Crippen MR) is 75.6 cm³/mol. The molecule has 2 heterocycles. The maximum absolute atomic E-state index is 11.2. The van der Waals surface area contributed by atoms with Crippen LogP contribution in [0.4, 0.5) is 5.69 Å². The first-order valence-corrected chi connectivity index (χ1v) is 7.09. The van der Waals surface area contributed by atoms with Crippen LogP contribution in [0.25, 0.3) is 0 Å². The summed E-state index contributed by atoms with van der Waals surface area (Å²) in [5.74, 6) is -0.571. The molecule has 104 valence electrons. The molecule has 2 rings (SSSR count). The number of anilines is 1. The molecule has 4 nitrogen and oxygen atoms in total. The summed E-state index contributed by atoms with van der Waals surface area (Å²) in [4.78, 5) is 17.5. The molecule has 1 aromatic rings. The lowest BCUT2D eigenvalue weighted by Gasteiger charge is -2.35. The van der Waals surface area contributed by atoms with Crippen LogP contribution in [0, 0.1) is 11.8 Å². The van der Waals surface area contributed by atoms with Crippen LogP contribution >= 0.6 is 11.6 Å². The first-order chi connectivity index (χ1) is 9.11. The molecule has 1 aliphatic rings. The van der Waals surface area contributed by atoms with Gasteiger partial charge in [0.05, 0.1) is 17.8 Å². The van der Waals surface area contributed by atoms with Crippen LogP contribution < -0.4 is 4.90 Å². The minimum Gasteiger partial charge on any atom is -0.481 e. The van der Waals surface area contributed by atoms with Gasteiger partial charge in [-0.1, -0.05) is 18.5 Å². The molecule has 1 atom stereocenters. The molecular formula is C14H19ClN2O2. The van der Waals surface area contributed by atoms with Crippen LogP contribution in [-0.4, -0.2) is 29.1 Å². The van der Waals surface area contributed by atoms with E-state index in [1.54, 1.807) is 12.3 Å². The average Bonchev–Trinajstić information content (AvgIpc) is 2.41. The zero-order chi connectivity index (χ0) is 13.8. The molecule has 19 heavy (non-hydrogen) atoms. The highest BCUT2D eigenvalue weighted by molar-refractivity contribution is 6.29. The molecule has 1 aromatic heterocycles. The Morgan fingerprint density at radius 1 is 1.53 bits per heavy atom. The molecule has 1 N–H and O–H groups in total. The van der Waals surface area contributed by atoms with Crippen molar-refractivity contribution >= 4 is 23.3 Å². The molecule has 0 radical (unpaired) electrons. The molecule has 1 aliphatic heterocycles. The van der Waals surface area contributed by atoms with E-state index >= 15 is 0 Å². The number of halogens is 1. The first kappa shape index (κ1) is 14.1. The fourth-order valence-electron chi connectivity index (χ4n) is 2.82. The Morgan fingerprint density at radius 2 is 2.21 bits per heavy atom. The van der Waals surface area contributed by atoms with E-state index in [-0.39, 0.29) is 5.92 Å². The molecule has 1 unspecified atom stereocenters. The van der Waals surface area contributed by atoms with Gasteiger partial charge in [0.1, 0.15) is 5.15 Å². The Hall–Kier alpha value is -1.29. The van der Waals surface area contributed by atoms with Crippen molar-refractivity contribution < 1.29 is 9.90 Å². The van der Waals surface area contributed by atoms with Crippen LogP contribution in [0.15, 0.2) is 18.3 Å². The molecule has 1 fully saturated rings. The number of hydrogen-bond donors (Lipinski definition) is 1. The van der Waals surface area contributed by atoms with E-state index in [1.165, 1.54) is 0 Å². The van der Waals surface area contributed by atoms with E-state index in [0.717, 1.165) is 31.6 Å². The summed E-state index contributed by atoms with van der Waals surface area (Å²) >= 11 is 5.77. The molecule has 0 saturated carbocycles. The lowest BCUT2D eigenvalue weighted by molar-refractivity contribution is -0.144. The summed E-state index contributed by atoms with van der Waals surface area (Å²) in [5, 5.41) is 9.70. The first-order valence-electron chi connectivity index (χ1n) is 6.71. The standard InChI is InChI=1S/C14H19ClN2O2/c1-2-12(14(18)19)10-5-7-17(8-6-10)11-3-4-13(15)16-9-11/h3-4,9-10,12H,2,5-8H2,1H3,(H,18,19). The van der Waals surface area contributed by atoms with E-state index in [9.17, 15) is 9.90 Å². The summed E-state index contributed by atoms with van der Waals surface area (Å²) in [6.07, 6.45) is 4.33. The van der Waals surface area contributed by atoms with Gasteiger partial charge in [-0.3, -0.25) is 4.79 Å². The van der Waals surface area contributed by atoms with Crippen molar-refractivity contribution in [2.24, 2.45) is 11.8 Å². The quantitative estimate of drug-likeness (QED) is 0.863. The third-order valence-electron chi connectivity index (χ3n) is 3.94. The van der Waals surface area contributed by atoms with E-state index in [4.69, 9.17) is 11.6 Å². The van der Waals surface area contributed by atoms with Gasteiger partial charge in [-0.05, 0) is 37.3 Å². The van der Waals surface area contributed by atoms with Crippen LogP contribution in [-0.2, 0) is 4.79 Å². The van der Waals surface area contributed by atoms with Crippen molar-refractivity contribution in [3.63, 3.8) is 0 Å². The van der Waals surface area contributed by atoms with Crippen molar-refractivity contribution in [1.29, 1.82) is 0 Å². The maximum Gasteiger partial charge on any atom is 0.306 e. The number of nitrogens with zero attached hydrogens (tertiary/aromatic N) is 2. The molecule has 1 saturated heterocycles. The van der Waals surface area contributed by atoms with Crippen molar-refractivity contribution in [1.82, 2.24) is 4.98 Å². The summed E-state index contributed by atoms with van der Waals surface area (Å²) in [6.45, 7) is 3.73. The summed E-state index contributed by atoms with van der Waals surface area (Å²) in [6, 6.07) is 3.75. The van der Waals surface area contributed by atoms with Gasteiger partial charge < -0.3 is 10.0 Å². The second-order valence-corrected chi connectivity index (χ2v) is 5.40. The Bertz CT molecular complexity index is 428. The average molecular weight is 283 g/mol. The Kier molecular flexibility index (Phi) is 4.64. The highest BCUT2D eigenvalue weighted by atomic mass is 35.5. The van der Waals surface area contributed by atoms with E-state index in [2.05, 4.69) is 9.88 Å². The molecule has 0 bridgehead atoms. The van der Waals surface area contributed by atoms with Gasteiger partial charge in [0.15, 0.2) is 0 Å². The number of hydrogen-bond acceptors (Lipinski definition) is 3. The molecule has 0 aromatic carbocycles. The third kappa shape index (κ3) is 3.38. The van der Waals surface area contributed by atoms with Gasteiger partial charge in [-0.25, -0.2) is 4.98 Å². The molecule has 0 spiro atoms. The van der Waals surface area contributed by atoms with Crippen LogP contribution in [0.2, 0.25) is 5.15 Å². The van der Waals surface area contributed by atoms with Gasteiger partial charge in [-0.15, -0.1) is 0 Å². The van der Waals surface area contributed by atoms with Crippen LogP contribution in [0.3, 0.4) is 0 Å². The third-order valence-corrected chi connectivity index (χ3v) is 4.17. The SMILES string of the molecule is CCC(C(=O)O)C1CCN(c2ccc(Cl)nc2)CC1. The summed E-state index contributed by atoms with van der Waals surface area (Å²) in [7, 11) is 0. The van der Waals surface area contributed by atoms with E-state index < -0.39 is 5.97 Å². The minimum absolute atomic E-state index is 0.203. The van der Waals surface area contributed by atoms with E-state index in [0.29, 0.717) is 17.5 Å². The Balaban J connectivity index is 1.95. The van der Waals surface area contributed by atoms with Gasteiger partial charge in [-0.2, -0.15) is 0 Å². The van der Waals surface area contributed by atoms with Crippen molar-refractivity contribution in [2.75, 3.05) is 18.0 Å². The highest BCUT2D eigenvalue weighted by Crippen LogP contribution is 2.29. The number of carboxylic acid groups (broad SMARTS) is 1. The largest absolute Gasteiger partial charge is 0.481 e. The zero-order valence-electron chi connectivity index (χ0n) is 11.1. The fraction of sp³-hybridized carbons (Fsp3) is 0.571. The number of aromatic nitrogens is 1. The van der Waals surface area contributed by atoms with Gasteiger partial charge in [0.2, 0.25) is 0 Å². The van der Waals surface area contributed by atoms with Crippen molar-refractivity contribution in [2.45, 2.75) is 26.2 Å². The van der Waals surface area contributed by atoms with Gasteiger partial charge in [0.25, 0.3) is 0 Å². The maximum atomic E-state index is 11.2. The number of rotatable bonds is 4. The van der Waals surface area contributed by atoms with E-state index in [1.807, 2.05) is 13.0 Å². The number of aliphatic carboxylic acids is 1. The smallest absolute Gasteiger partial charge is 0.306 e.